The molecule has 8 nitrogen and oxygen atoms in total. The smallest absolute Gasteiger partial charge is 0.273 e. The first-order valence-electron chi connectivity index (χ1n) is 5.27. The van der Waals surface area contributed by atoms with Crippen molar-refractivity contribution < 1.29 is 20.1 Å². The summed E-state index contributed by atoms with van der Waals surface area (Å²) in [6, 6.07) is 10.3. The molecule has 0 aromatic heterocycles. The third-order valence-corrected chi connectivity index (χ3v) is 2.10. The molecule has 0 unspecified atom stereocenters. The van der Waals surface area contributed by atoms with Crippen molar-refractivity contribution in [2.75, 3.05) is 0 Å². The van der Waals surface area contributed by atoms with E-state index in [2.05, 4.69) is 0 Å². The molecule has 2 N–H and O–H groups in total. The van der Waals surface area contributed by atoms with Crippen molar-refractivity contribution in [1.82, 2.24) is 0 Å². The van der Waals surface area contributed by atoms with Gasteiger partial charge in [-0.3, -0.25) is 20.2 Å². The third kappa shape index (κ3) is 4.61. The van der Waals surface area contributed by atoms with E-state index in [1.54, 1.807) is 0 Å². The molecule has 0 aliphatic rings. The topological polar surface area (TPSA) is 127 Å². The van der Waals surface area contributed by atoms with Gasteiger partial charge in [0.15, 0.2) is 0 Å². The highest BCUT2D eigenvalue weighted by Gasteiger charge is 2.03. The lowest BCUT2D eigenvalue weighted by atomic mass is 10.3. The van der Waals surface area contributed by atoms with Crippen LogP contribution in [0.25, 0.3) is 0 Å². The van der Waals surface area contributed by atoms with Crippen LogP contribution >= 0.6 is 0 Å². The van der Waals surface area contributed by atoms with Gasteiger partial charge in [-0.15, -0.1) is 0 Å². The van der Waals surface area contributed by atoms with E-state index in [0.717, 1.165) is 6.07 Å². The standard InChI is InChI=1S/2C6H5NO3/c8-6-3-1-5(2-4-6)7(9)10;8-6-3-1-2-5(4-6)7(9)10/h2*1-4,8H. The molecule has 0 aliphatic heterocycles. The van der Waals surface area contributed by atoms with Crippen molar-refractivity contribution in [3.63, 3.8) is 0 Å². The summed E-state index contributed by atoms with van der Waals surface area (Å²) in [6.45, 7) is 0. The molecule has 20 heavy (non-hydrogen) atoms. The lowest BCUT2D eigenvalue weighted by Crippen LogP contribution is -1.85. The minimum Gasteiger partial charge on any atom is -0.508 e. The Kier molecular flexibility index (Phi) is 4.98. The number of rotatable bonds is 2. The van der Waals surface area contributed by atoms with Gasteiger partial charge >= 0.3 is 0 Å². The first-order valence-corrected chi connectivity index (χ1v) is 5.27. The fourth-order valence-corrected chi connectivity index (χ4v) is 1.18. The van der Waals surface area contributed by atoms with Crippen molar-refractivity contribution in [2.45, 2.75) is 0 Å². The van der Waals surface area contributed by atoms with Gasteiger partial charge in [-0.1, -0.05) is 6.07 Å². The highest BCUT2D eigenvalue weighted by molar-refractivity contribution is 5.37. The zero-order chi connectivity index (χ0) is 15.1. The van der Waals surface area contributed by atoms with Crippen LogP contribution in [0.15, 0.2) is 48.5 Å². The van der Waals surface area contributed by atoms with Crippen LogP contribution < -0.4 is 0 Å². The second-order valence-corrected chi connectivity index (χ2v) is 3.55. The van der Waals surface area contributed by atoms with Crippen LogP contribution in [0, 0.1) is 20.2 Å². The van der Waals surface area contributed by atoms with E-state index in [4.69, 9.17) is 10.2 Å². The average Bonchev–Trinajstić information content (AvgIpc) is 2.40. The van der Waals surface area contributed by atoms with E-state index in [0.29, 0.717) is 0 Å². The van der Waals surface area contributed by atoms with Crippen LogP contribution in [0.3, 0.4) is 0 Å². The van der Waals surface area contributed by atoms with Crippen molar-refractivity contribution in [1.29, 1.82) is 0 Å². The molecule has 0 atom stereocenters. The molecule has 0 amide bonds. The summed E-state index contributed by atoms with van der Waals surface area (Å²) < 4.78 is 0. The lowest BCUT2D eigenvalue weighted by molar-refractivity contribution is -0.385. The van der Waals surface area contributed by atoms with E-state index >= 15 is 0 Å². The van der Waals surface area contributed by atoms with Gasteiger partial charge in [0.1, 0.15) is 11.5 Å². The molecule has 2 aromatic carbocycles. The molecule has 0 aliphatic carbocycles. The van der Waals surface area contributed by atoms with Gasteiger partial charge in [-0.05, 0) is 18.2 Å². The largest absolute Gasteiger partial charge is 0.508 e. The minimum atomic E-state index is -0.556. The van der Waals surface area contributed by atoms with Gasteiger partial charge in [-0.2, -0.15) is 0 Å². The van der Waals surface area contributed by atoms with Crippen LogP contribution in [0.1, 0.15) is 0 Å². The van der Waals surface area contributed by atoms with E-state index in [9.17, 15) is 20.2 Å². The Morgan fingerprint density at radius 3 is 1.70 bits per heavy atom. The quantitative estimate of drug-likeness (QED) is 0.642. The first kappa shape index (κ1) is 14.9. The van der Waals surface area contributed by atoms with Gasteiger partial charge in [0.25, 0.3) is 11.4 Å². The normalized spacial score (nSPS) is 9.20. The van der Waals surface area contributed by atoms with Crippen molar-refractivity contribution in [2.24, 2.45) is 0 Å². The van der Waals surface area contributed by atoms with E-state index in [1.807, 2.05) is 0 Å². The molecule has 0 saturated heterocycles. The second kappa shape index (κ2) is 6.69. The summed E-state index contributed by atoms with van der Waals surface area (Å²) in [6.07, 6.45) is 0. The maximum atomic E-state index is 10.0. The van der Waals surface area contributed by atoms with E-state index in [1.165, 1.54) is 42.5 Å². The SMILES string of the molecule is O=[N+]([O-])c1ccc(O)cc1.O=[N+]([O-])c1cccc(O)c1. The number of nitro groups is 2. The van der Waals surface area contributed by atoms with Gasteiger partial charge in [0.05, 0.1) is 15.9 Å². The summed E-state index contributed by atoms with van der Waals surface area (Å²) in [5, 5.41) is 37.6. The average molecular weight is 278 g/mol. The number of phenols is 2. The van der Waals surface area contributed by atoms with Gasteiger partial charge < -0.3 is 10.2 Å². The fourth-order valence-electron chi connectivity index (χ4n) is 1.18. The lowest BCUT2D eigenvalue weighted by Gasteiger charge is -1.89. The van der Waals surface area contributed by atoms with Gasteiger partial charge in [0.2, 0.25) is 0 Å². The third-order valence-electron chi connectivity index (χ3n) is 2.10. The predicted octanol–water partition coefficient (Wildman–Crippen LogP) is 2.60. The Bertz CT molecular complexity index is 612. The Balaban J connectivity index is 0.000000200. The molecule has 0 spiro atoms. The molecule has 0 fully saturated rings. The number of phenolic OH excluding ortho intramolecular Hbond substituents is 2. The Hall–Kier alpha value is -3.16. The monoisotopic (exact) mass is 278 g/mol. The highest BCUT2D eigenvalue weighted by Crippen LogP contribution is 2.16. The van der Waals surface area contributed by atoms with E-state index < -0.39 is 9.85 Å². The number of hydrogen-bond acceptors (Lipinski definition) is 6. The molecular weight excluding hydrogens is 268 g/mol. The number of hydrogen-bond donors (Lipinski definition) is 2. The number of benzene rings is 2. The summed E-state index contributed by atoms with van der Waals surface area (Å²) in [7, 11) is 0. The van der Waals surface area contributed by atoms with Gasteiger partial charge in [0, 0.05) is 18.2 Å². The van der Waals surface area contributed by atoms with Crippen LogP contribution in [0.2, 0.25) is 0 Å². The maximum absolute atomic E-state index is 10.0. The number of non-ortho nitro benzene ring substituents is 2. The van der Waals surface area contributed by atoms with Crippen molar-refractivity contribution in [3.05, 3.63) is 68.8 Å². The number of nitro benzene ring substituents is 2. The minimum absolute atomic E-state index is 0.0159. The van der Waals surface area contributed by atoms with Gasteiger partial charge in [-0.25, -0.2) is 0 Å². The summed E-state index contributed by atoms with van der Waals surface area (Å²) >= 11 is 0. The maximum Gasteiger partial charge on any atom is 0.273 e. The molecule has 8 heteroatoms. The highest BCUT2D eigenvalue weighted by atomic mass is 16.6. The molecule has 0 radical (unpaired) electrons. The summed E-state index contributed by atoms with van der Waals surface area (Å²) in [5.74, 6) is -0.0557. The van der Waals surface area contributed by atoms with Crippen molar-refractivity contribution in [3.8, 4) is 11.5 Å². The van der Waals surface area contributed by atoms with Crippen molar-refractivity contribution >= 4 is 11.4 Å². The van der Waals surface area contributed by atoms with Crippen LogP contribution in [0.5, 0.6) is 11.5 Å². The Morgan fingerprint density at radius 1 is 0.750 bits per heavy atom. The molecule has 2 aromatic rings. The Labute approximate surface area is 112 Å². The molecule has 0 heterocycles. The number of nitrogens with zero attached hydrogens (tertiary/aromatic N) is 2. The molecule has 2 rings (SSSR count). The zero-order valence-electron chi connectivity index (χ0n) is 10.0. The summed E-state index contributed by atoms with van der Waals surface area (Å²) in [5.41, 5.74) is -0.113. The predicted molar refractivity (Wildman–Crippen MR) is 69.5 cm³/mol. The second-order valence-electron chi connectivity index (χ2n) is 3.55. The molecule has 104 valence electrons. The van der Waals surface area contributed by atoms with Crippen LogP contribution in [-0.2, 0) is 0 Å². The summed E-state index contributed by atoms with van der Waals surface area (Å²) in [4.78, 5) is 19.0. The molecule has 0 saturated carbocycles. The Morgan fingerprint density at radius 2 is 1.30 bits per heavy atom. The van der Waals surface area contributed by atoms with Crippen LogP contribution in [0.4, 0.5) is 11.4 Å². The molecule has 0 bridgehead atoms. The zero-order valence-corrected chi connectivity index (χ0v) is 10.0. The molecular formula is C12H10N2O6. The first-order chi connectivity index (χ1) is 9.40. The fraction of sp³-hybridized carbons (Fsp3) is 0. The van der Waals surface area contributed by atoms with Crippen LogP contribution in [-0.4, -0.2) is 20.1 Å². The van der Waals surface area contributed by atoms with E-state index in [-0.39, 0.29) is 22.9 Å². The number of aromatic hydroxyl groups is 2.